The number of aryl methyl sites for hydroxylation is 1. The number of ether oxygens (including phenoxy) is 2. The Bertz CT molecular complexity index is 588. The number of rotatable bonds is 2. The van der Waals surface area contributed by atoms with Crippen LogP contribution in [-0.2, 0) is 14.3 Å². The number of amides is 1. The largest absolute Gasteiger partial charge is 0.378 e. The van der Waals surface area contributed by atoms with Crippen LogP contribution in [0.5, 0.6) is 0 Å². The first-order valence-electron chi connectivity index (χ1n) is 8.76. The molecule has 0 radical (unpaired) electrons. The molecule has 0 unspecified atom stereocenters. The maximum atomic E-state index is 13.1. The van der Waals surface area contributed by atoms with Crippen molar-refractivity contribution < 1.29 is 14.3 Å². The topological polar surface area (TPSA) is 67.8 Å². The Hall–Kier alpha value is -1.73. The molecule has 1 aromatic heterocycles. The first kappa shape index (κ1) is 15.8. The number of hydrogen-bond donors (Lipinski definition) is 0. The summed E-state index contributed by atoms with van der Waals surface area (Å²) in [4.78, 5) is 17.2. The third-order valence-corrected chi connectivity index (χ3v) is 5.34. The summed E-state index contributed by atoms with van der Waals surface area (Å²) in [5.41, 5.74) is 0.895. The van der Waals surface area contributed by atoms with Gasteiger partial charge in [-0.05, 0) is 25.5 Å². The zero-order valence-electron chi connectivity index (χ0n) is 14.1. The summed E-state index contributed by atoms with van der Waals surface area (Å²) in [5.74, 6) is 1.35. The molecule has 3 saturated heterocycles. The van der Waals surface area contributed by atoms with Gasteiger partial charge in [-0.2, -0.15) is 5.10 Å². The molecule has 3 aliphatic rings. The molecule has 0 N–H and O–H groups in total. The molecule has 0 bridgehead atoms. The van der Waals surface area contributed by atoms with Crippen LogP contribution in [0.3, 0.4) is 0 Å². The molecule has 3 aliphatic heterocycles. The Morgan fingerprint density at radius 3 is 2.75 bits per heavy atom. The number of anilines is 1. The average Bonchev–Trinajstić information content (AvgIpc) is 3.10. The van der Waals surface area contributed by atoms with Gasteiger partial charge in [0, 0.05) is 38.7 Å². The Morgan fingerprint density at radius 2 is 2.00 bits per heavy atom. The fourth-order valence-corrected chi connectivity index (χ4v) is 4.01. The molecule has 4 heterocycles. The van der Waals surface area contributed by atoms with Gasteiger partial charge in [0.2, 0.25) is 5.91 Å². The summed E-state index contributed by atoms with van der Waals surface area (Å²) in [6, 6.07) is 3.94. The molecule has 130 valence electrons. The van der Waals surface area contributed by atoms with Crippen molar-refractivity contribution in [3.05, 3.63) is 17.8 Å². The quantitative estimate of drug-likeness (QED) is 0.785. The van der Waals surface area contributed by atoms with Crippen LogP contribution >= 0.6 is 0 Å². The summed E-state index contributed by atoms with van der Waals surface area (Å²) in [7, 11) is 0. The number of piperidine rings is 1. The van der Waals surface area contributed by atoms with Gasteiger partial charge >= 0.3 is 0 Å². The standard InChI is InChI=1S/C17H24N4O3/c1-12-2-3-16(19-18-12)21-10-14(13-4-7-24-15(13)11-21)17(22)20-5-8-23-9-6-20/h2-3,13-15H,4-11H2,1H3/t13-,14-,15+/m0/s1. The highest BCUT2D eigenvalue weighted by atomic mass is 16.5. The molecule has 0 saturated carbocycles. The highest BCUT2D eigenvalue weighted by molar-refractivity contribution is 5.80. The first-order valence-corrected chi connectivity index (χ1v) is 8.76. The second-order valence-electron chi connectivity index (χ2n) is 6.84. The minimum atomic E-state index is -0.0348. The van der Waals surface area contributed by atoms with Crippen molar-refractivity contribution in [3.8, 4) is 0 Å². The van der Waals surface area contributed by atoms with Crippen molar-refractivity contribution in [1.29, 1.82) is 0 Å². The van der Waals surface area contributed by atoms with E-state index in [4.69, 9.17) is 9.47 Å². The van der Waals surface area contributed by atoms with E-state index in [0.29, 0.717) is 38.8 Å². The summed E-state index contributed by atoms with van der Waals surface area (Å²) in [6.07, 6.45) is 1.08. The van der Waals surface area contributed by atoms with Crippen LogP contribution in [0.2, 0.25) is 0 Å². The number of carbonyl (C=O) groups excluding carboxylic acids is 1. The van der Waals surface area contributed by atoms with Crippen LogP contribution < -0.4 is 4.90 Å². The first-order chi connectivity index (χ1) is 11.7. The number of morpholine rings is 1. The maximum Gasteiger partial charge on any atom is 0.228 e. The summed E-state index contributed by atoms with van der Waals surface area (Å²) in [6.45, 7) is 6.81. The van der Waals surface area contributed by atoms with Gasteiger partial charge in [-0.25, -0.2) is 0 Å². The maximum absolute atomic E-state index is 13.1. The molecule has 1 aromatic rings. The Morgan fingerprint density at radius 1 is 1.17 bits per heavy atom. The molecule has 1 amide bonds. The van der Waals surface area contributed by atoms with Gasteiger partial charge in [0.1, 0.15) is 0 Å². The van der Waals surface area contributed by atoms with Crippen LogP contribution in [-0.4, -0.2) is 73.1 Å². The third-order valence-electron chi connectivity index (χ3n) is 5.34. The van der Waals surface area contributed by atoms with E-state index in [-0.39, 0.29) is 17.9 Å². The predicted molar refractivity (Wildman–Crippen MR) is 87.7 cm³/mol. The molecular formula is C17H24N4O3. The molecule has 7 nitrogen and oxygen atoms in total. The summed E-state index contributed by atoms with van der Waals surface area (Å²) < 4.78 is 11.3. The molecule has 4 rings (SSSR count). The third kappa shape index (κ3) is 2.98. The normalized spacial score (nSPS) is 30.3. The van der Waals surface area contributed by atoms with Gasteiger partial charge < -0.3 is 19.3 Å². The van der Waals surface area contributed by atoms with E-state index in [9.17, 15) is 4.79 Å². The second kappa shape index (κ2) is 6.64. The Balaban J connectivity index is 1.54. The number of fused-ring (bicyclic) bond motifs is 1. The zero-order valence-corrected chi connectivity index (χ0v) is 14.1. The lowest BCUT2D eigenvalue weighted by molar-refractivity contribution is -0.142. The minimum Gasteiger partial charge on any atom is -0.378 e. The van der Waals surface area contributed by atoms with E-state index in [1.165, 1.54) is 0 Å². The zero-order chi connectivity index (χ0) is 16.5. The summed E-state index contributed by atoms with van der Waals surface area (Å²) in [5, 5.41) is 8.45. The van der Waals surface area contributed by atoms with Crippen LogP contribution in [0.4, 0.5) is 5.82 Å². The molecule has 0 aliphatic carbocycles. The van der Waals surface area contributed by atoms with Crippen molar-refractivity contribution in [1.82, 2.24) is 15.1 Å². The van der Waals surface area contributed by atoms with Crippen molar-refractivity contribution in [2.24, 2.45) is 11.8 Å². The van der Waals surface area contributed by atoms with Crippen molar-refractivity contribution >= 4 is 11.7 Å². The van der Waals surface area contributed by atoms with E-state index < -0.39 is 0 Å². The van der Waals surface area contributed by atoms with Crippen molar-refractivity contribution in [3.63, 3.8) is 0 Å². The molecule has 3 fully saturated rings. The molecular weight excluding hydrogens is 308 g/mol. The van der Waals surface area contributed by atoms with Crippen LogP contribution in [0.1, 0.15) is 12.1 Å². The number of nitrogens with zero attached hydrogens (tertiary/aromatic N) is 4. The average molecular weight is 332 g/mol. The van der Waals surface area contributed by atoms with Crippen molar-refractivity contribution in [2.75, 3.05) is 50.9 Å². The molecule has 0 spiro atoms. The lowest BCUT2D eigenvalue weighted by Gasteiger charge is -2.42. The van der Waals surface area contributed by atoms with Gasteiger partial charge in [-0.1, -0.05) is 0 Å². The number of carbonyl (C=O) groups is 1. The fraction of sp³-hybridized carbons (Fsp3) is 0.706. The van der Waals surface area contributed by atoms with Crippen molar-refractivity contribution in [2.45, 2.75) is 19.4 Å². The molecule has 7 heteroatoms. The van der Waals surface area contributed by atoms with Crippen LogP contribution in [0.25, 0.3) is 0 Å². The van der Waals surface area contributed by atoms with E-state index in [1.807, 2.05) is 24.0 Å². The second-order valence-corrected chi connectivity index (χ2v) is 6.84. The van der Waals surface area contributed by atoms with Gasteiger partial charge in [0.15, 0.2) is 5.82 Å². The van der Waals surface area contributed by atoms with Gasteiger partial charge in [-0.3, -0.25) is 4.79 Å². The Kier molecular flexibility index (Phi) is 4.37. The molecule has 24 heavy (non-hydrogen) atoms. The van der Waals surface area contributed by atoms with E-state index in [2.05, 4.69) is 15.1 Å². The van der Waals surface area contributed by atoms with Crippen LogP contribution in [0.15, 0.2) is 12.1 Å². The molecule has 0 aromatic carbocycles. The summed E-state index contributed by atoms with van der Waals surface area (Å²) >= 11 is 0. The smallest absolute Gasteiger partial charge is 0.228 e. The fourth-order valence-electron chi connectivity index (χ4n) is 4.01. The van der Waals surface area contributed by atoms with Gasteiger partial charge in [0.25, 0.3) is 0 Å². The van der Waals surface area contributed by atoms with E-state index in [0.717, 1.165) is 31.1 Å². The number of hydrogen-bond acceptors (Lipinski definition) is 6. The minimum absolute atomic E-state index is 0.0348. The van der Waals surface area contributed by atoms with E-state index in [1.54, 1.807) is 0 Å². The van der Waals surface area contributed by atoms with Crippen LogP contribution in [0, 0.1) is 18.8 Å². The Labute approximate surface area is 141 Å². The molecule has 3 atom stereocenters. The van der Waals surface area contributed by atoms with Gasteiger partial charge in [-0.15, -0.1) is 5.10 Å². The lowest BCUT2D eigenvalue weighted by Crippen LogP contribution is -2.55. The predicted octanol–water partition coefficient (Wildman–Crippen LogP) is 0.485. The van der Waals surface area contributed by atoms with Gasteiger partial charge in [0.05, 0.1) is 30.9 Å². The number of aromatic nitrogens is 2. The highest BCUT2D eigenvalue weighted by Crippen LogP contribution is 2.36. The van der Waals surface area contributed by atoms with E-state index >= 15 is 0 Å². The lowest BCUT2D eigenvalue weighted by atomic mass is 9.81. The highest BCUT2D eigenvalue weighted by Gasteiger charge is 2.45. The SMILES string of the molecule is Cc1ccc(N2C[C@H](C(=O)N3CCOCC3)[C@@H]3CCO[C@@H]3C2)nn1. The monoisotopic (exact) mass is 332 g/mol.